The molecule has 3 rings (SSSR count). The van der Waals surface area contributed by atoms with Crippen molar-refractivity contribution < 1.29 is 14.4 Å². The molecule has 1 saturated heterocycles. The number of aryl methyl sites for hydroxylation is 2. The molecule has 2 aromatic rings. The second-order valence-electron chi connectivity index (χ2n) is 7.68. The minimum atomic E-state index is -1.29. The molecule has 1 heterocycles. The van der Waals surface area contributed by atoms with Crippen LogP contribution in [-0.4, -0.2) is 35.8 Å². The normalized spacial score (nSPS) is 18.0. The molecule has 0 spiro atoms. The lowest BCUT2D eigenvalue weighted by atomic mass is 9.92. The number of nitriles is 1. The Morgan fingerprint density at radius 2 is 1.84 bits per heavy atom. The third kappa shape index (κ3) is 4.39. The molecule has 4 amide bonds. The van der Waals surface area contributed by atoms with E-state index >= 15 is 0 Å². The lowest BCUT2D eigenvalue weighted by molar-refractivity contribution is -0.134. The van der Waals surface area contributed by atoms with E-state index in [1.807, 2.05) is 32.0 Å². The number of nitrogens with one attached hydrogen (secondary N) is 1. The van der Waals surface area contributed by atoms with E-state index in [0.29, 0.717) is 16.3 Å². The van der Waals surface area contributed by atoms with Crippen molar-refractivity contribution in [2.45, 2.75) is 32.7 Å². The van der Waals surface area contributed by atoms with E-state index in [0.717, 1.165) is 16.0 Å². The maximum absolute atomic E-state index is 13.1. The van der Waals surface area contributed by atoms with Crippen LogP contribution >= 0.6 is 11.6 Å². The highest BCUT2D eigenvalue weighted by Gasteiger charge is 2.49. The van der Waals surface area contributed by atoms with Crippen LogP contribution in [0.4, 0.5) is 10.5 Å². The van der Waals surface area contributed by atoms with Gasteiger partial charge in [0.25, 0.3) is 5.91 Å². The monoisotopic (exact) mass is 438 g/mol. The fourth-order valence-corrected chi connectivity index (χ4v) is 3.62. The van der Waals surface area contributed by atoms with Crippen molar-refractivity contribution in [2.24, 2.45) is 0 Å². The van der Waals surface area contributed by atoms with E-state index in [9.17, 15) is 14.4 Å². The van der Waals surface area contributed by atoms with Gasteiger partial charge in [-0.05, 0) is 61.7 Å². The number of carbonyl (C=O) groups excluding carboxylic acids is 3. The number of hydrogen-bond acceptors (Lipinski definition) is 4. The number of hydrogen-bond donors (Lipinski definition) is 1. The summed E-state index contributed by atoms with van der Waals surface area (Å²) in [5.74, 6) is -0.962. The molecule has 160 valence electrons. The summed E-state index contributed by atoms with van der Waals surface area (Å²) < 4.78 is 0. The molecule has 1 fully saturated rings. The summed E-state index contributed by atoms with van der Waals surface area (Å²) in [4.78, 5) is 41.2. The van der Waals surface area contributed by atoms with Crippen LogP contribution in [0.2, 0.25) is 5.02 Å². The standard InChI is InChI=1S/C23H23ClN4O3/c1-15-5-10-19(13-16(15)2)27(12-4-11-25)20(29)14-28-21(30)23(3,26-22(28)31)17-6-8-18(24)9-7-17/h5-10,13H,4,12,14H2,1-3H3,(H,26,31). The molecule has 1 atom stereocenters. The van der Waals surface area contributed by atoms with Crippen LogP contribution in [0.15, 0.2) is 42.5 Å². The minimum absolute atomic E-state index is 0.126. The van der Waals surface area contributed by atoms with Gasteiger partial charge in [0, 0.05) is 17.3 Å². The third-order valence-corrected chi connectivity index (χ3v) is 5.79. The molecular weight excluding hydrogens is 416 g/mol. The van der Waals surface area contributed by atoms with Crippen molar-refractivity contribution in [1.82, 2.24) is 10.2 Å². The molecule has 31 heavy (non-hydrogen) atoms. The molecule has 0 radical (unpaired) electrons. The Hall–Kier alpha value is -3.37. The summed E-state index contributed by atoms with van der Waals surface area (Å²) in [6.45, 7) is 5.23. The fraction of sp³-hybridized carbons (Fsp3) is 0.304. The summed E-state index contributed by atoms with van der Waals surface area (Å²) in [6, 6.07) is 13.5. The lowest BCUT2D eigenvalue weighted by Crippen LogP contribution is -2.45. The Morgan fingerprint density at radius 1 is 1.16 bits per heavy atom. The van der Waals surface area contributed by atoms with Gasteiger partial charge in [0.15, 0.2) is 0 Å². The maximum atomic E-state index is 13.1. The number of halogens is 1. The number of imide groups is 1. The molecular formula is C23H23ClN4O3. The van der Waals surface area contributed by atoms with Crippen molar-refractivity contribution in [1.29, 1.82) is 5.26 Å². The smallest absolute Gasteiger partial charge is 0.319 e. The van der Waals surface area contributed by atoms with E-state index in [-0.39, 0.29) is 13.0 Å². The minimum Gasteiger partial charge on any atom is -0.319 e. The van der Waals surface area contributed by atoms with Gasteiger partial charge in [-0.1, -0.05) is 29.8 Å². The first-order valence-corrected chi connectivity index (χ1v) is 10.2. The zero-order valence-corrected chi connectivity index (χ0v) is 18.4. The van der Waals surface area contributed by atoms with Crippen molar-refractivity contribution >= 4 is 35.1 Å². The highest BCUT2D eigenvalue weighted by Crippen LogP contribution is 2.30. The first-order valence-electron chi connectivity index (χ1n) is 9.82. The van der Waals surface area contributed by atoms with Crippen molar-refractivity contribution in [2.75, 3.05) is 18.0 Å². The molecule has 2 aromatic carbocycles. The molecule has 8 heteroatoms. The van der Waals surface area contributed by atoms with Crippen LogP contribution in [0, 0.1) is 25.2 Å². The maximum Gasteiger partial charge on any atom is 0.325 e. The van der Waals surface area contributed by atoms with Gasteiger partial charge in [0.1, 0.15) is 12.1 Å². The van der Waals surface area contributed by atoms with E-state index in [1.165, 1.54) is 4.90 Å². The van der Waals surface area contributed by atoms with Gasteiger partial charge < -0.3 is 10.2 Å². The molecule has 1 unspecified atom stereocenters. The Morgan fingerprint density at radius 3 is 2.45 bits per heavy atom. The van der Waals surface area contributed by atoms with Crippen molar-refractivity contribution in [3.05, 3.63) is 64.2 Å². The molecule has 1 aliphatic heterocycles. The average Bonchev–Trinajstić information content (AvgIpc) is 2.95. The van der Waals surface area contributed by atoms with Crippen LogP contribution in [-0.2, 0) is 15.1 Å². The summed E-state index contributed by atoms with van der Waals surface area (Å²) in [5.41, 5.74) is 1.97. The number of nitrogens with zero attached hydrogens (tertiary/aromatic N) is 3. The number of anilines is 1. The number of benzene rings is 2. The van der Waals surface area contributed by atoms with Crippen LogP contribution in [0.3, 0.4) is 0 Å². The fourth-order valence-electron chi connectivity index (χ4n) is 3.49. The molecule has 0 aromatic heterocycles. The van der Waals surface area contributed by atoms with Crippen LogP contribution in [0.25, 0.3) is 0 Å². The predicted octanol–water partition coefficient (Wildman–Crippen LogP) is 3.67. The molecule has 1 aliphatic rings. The Balaban J connectivity index is 1.85. The number of carbonyl (C=O) groups is 3. The Kier molecular flexibility index (Phi) is 6.32. The lowest BCUT2D eigenvalue weighted by Gasteiger charge is -2.25. The van der Waals surface area contributed by atoms with E-state index < -0.39 is 29.9 Å². The van der Waals surface area contributed by atoms with E-state index in [2.05, 4.69) is 5.32 Å². The van der Waals surface area contributed by atoms with Gasteiger partial charge >= 0.3 is 6.03 Å². The van der Waals surface area contributed by atoms with Gasteiger partial charge in [-0.3, -0.25) is 14.5 Å². The van der Waals surface area contributed by atoms with E-state index in [1.54, 1.807) is 37.3 Å². The Labute approximate surface area is 186 Å². The summed E-state index contributed by atoms with van der Waals surface area (Å²) in [5, 5.41) is 12.2. The highest BCUT2D eigenvalue weighted by atomic mass is 35.5. The molecule has 0 bridgehead atoms. The zero-order chi connectivity index (χ0) is 22.8. The zero-order valence-electron chi connectivity index (χ0n) is 17.6. The SMILES string of the molecule is Cc1ccc(N(CCC#N)C(=O)CN2C(=O)NC(C)(c3ccc(Cl)cc3)C2=O)cc1C. The topological polar surface area (TPSA) is 93.5 Å². The van der Waals surface area contributed by atoms with Gasteiger partial charge in [-0.25, -0.2) is 4.79 Å². The van der Waals surface area contributed by atoms with Crippen LogP contribution in [0.1, 0.15) is 30.0 Å². The van der Waals surface area contributed by atoms with Gasteiger partial charge in [0.2, 0.25) is 5.91 Å². The second-order valence-corrected chi connectivity index (χ2v) is 8.11. The van der Waals surface area contributed by atoms with Gasteiger partial charge in [-0.2, -0.15) is 5.26 Å². The highest BCUT2D eigenvalue weighted by molar-refractivity contribution is 6.30. The predicted molar refractivity (Wildman–Crippen MR) is 118 cm³/mol. The number of urea groups is 1. The largest absolute Gasteiger partial charge is 0.325 e. The summed E-state index contributed by atoms with van der Waals surface area (Å²) in [6.07, 6.45) is 0.126. The van der Waals surface area contributed by atoms with Crippen molar-refractivity contribution in [3.8, 4) is 6.07 Å². The first-order chi connectivity index (χ1) is 14.7. The van der Waals surface area contributed by atoms with Crippen LogP contribution < -0.4 is 10.2 Å². The first kappa shape index (κ1) is 22.3. The molecule has 0 aliphatic carbocycles. The van der Waals surface area contributed by atoms with Crippen LogP contribution in [0.5, 0.6) is 0 Å². The Bertz CT molecular complexity index is 1080. The third-order valence-electron chi connectivity index (χ3n) is 5.54. The molecule has 1 N–H and O–H groups in total. The van der Waals surface area contributed by atoms with Gasteiger partial charge in [-0.15, -0.1) is 0 Å². The number of rotatable bonds is 6. The second kappa shape index (κ2) is 8.78. The van der Waals surface area contributed by atoms with E-state index in [4.69, 9.17) is 16.9 Å². The van der Waals surface area contributed by atoms with Crippen molar-refractivity contribution in [3.63, 3.8) is 0 Å². The average molecular weight is 439 g/mol. The number of amides is 4. The summed E-state index contributed by atoms with van der Waals surface area (Å²) >= 11 is 5.93. The molecule has 7 nitrogen and oxygen atoms in total. The summed E-state index contributed by atoms with van der Waals surface area (Å²) in [7, 11) is 0. The van der Waals surface area contributed by atoms with Gasteiger partial charge in [0.05, 0.1) is 12.5 Å². The molecule has 0 saturated carbocycles. The quantitative estimate of drug-likeness (QED) is 0.696.